The van der Waals surface area contributed by atoms with Crippen molar-refractivity contribution in [2.75, 3.05) is 0 Å². The minimum absolute atomic E-state index is 0. The predicted molar refractivity (Wildman–Crippen MR) is 61.6 cm³/mol. The minimum Gasteiger partial charge on any atom is -0.384 e. The molecule has 14 heavy (non-hydrogen) atoms. The largest absolute Gasteiger partial charge is 0.384 e. The molecule has 0 aliphatic carbocycles. The molecule has 2 aromatic rings. The first-order valence-electron chi connectivity index (χ1n) is 3.55. The topological polar surface area (TPSA) is 78.6 Å². The van der Waals surface area contributed by atoms with E-state index in [-0.39, 0.29) is 30.6 Å². The Balaban J connectivity index is 0.000000845. The highest BCUT2D eigenvalue weighted by molar-refractivity contribution is 5.97. The molecule has 0 atom stereocenters. The lowest BCUT2D eigenvalue weighted by Gasteiger charge is -1.96. The molecule has 6 heteroatoms. The number of rotatable bonds is 1. The summed E-state index contributed by atoms with van der Waals surface area (Å²) in [6, 6.07) is 5.43. The first-order valence-corrected chi connectivity index (χ1v) is 3.55. The first kappa shape index (κ1) is 12.7. The summed E-state index contributed by atoms with van der Waals surface area (Å²) in [4.78, 5) is 7.00. The molecule has 0 fully saturated rings. The van der Waals surface area contributed by atoms with Crippen LogP contribution in [-0.4, -0.2) is 15.8 Å². The predicted octanol–water partition coefficient (Wildman–Crippen LogP) is 1.69. The molecular formula is C8H10Cl2N4. The second-order valence-corrected chi connectivity index (χ2v) is 2.55. The zero-order valence-corrected chi connectivity index (χ0v) is 8.78. The standard InChI is InChI=1S/C8H8N4.2ClH/c9-8(10)5-1-2-6-7(3-5)12-4-11-6;;/h1-4H,(H3,9,10)(H,11,12);2*1H. The summed E-state index contributed by atoms with van der Waals surface area (Å²) in [5, 5.41) is 7.21. The first-order chi connectivity index (χ1) is 5.77. The number of halogens is 2. The smallest absolute Gasteiger partial charge is 0.122 e. The van der Waals surface area contributed by atoms with Gasteiger partial charge in [0.1, 0.15) is 5.84 Å². The zero-order valence-electron chi connectivity index (χ0n) is 7.15. The average Bonchev–Trinajstić information content (AvgIpc) is 2.49. The second-order valence-electron chi connectivity index (χ2n) is 2.55. The van der Waals surface area contributed by atoms with E-state index in [0.29, 0.717) is 5.56 Å². The van der Waals surface area contributed by atoms with Gasteiger partial charge in [-0.3, -0.25) is 5.41 Å². The number of nitrogens with one attached hydrogen (secondary N) is 2. The lowest BCUT2D eigenvalue weighted by molar-refractivity contribution is 1.34. The van der Waals surface area contributed by atoms with Crippen molar-refractivity contribution in [2.24, 2.45) is 5.73 Å². The molecule has 0 radical (unpaired) electrons. The van der Waals surface area contributed by atoms with Crippen LogP contribution in [0.15, 0.2) is 24.5 Å². The molecule has 0 unspecified atom stereocenters. The molecule has 0 saturated heterocycles. The fourth-order valence-corrected chi connectivity index (χ4v) is 1.10. The van der Waals surface area contributed by atoms with E-state index in [1.54, 1.807) is 12.4 Å². The fraction of sp³-hybridized carbons (Fsp3) is 0. The van der Waals surface area contributed by atoms with Crippen molar-refractivity contribution >= 4 is 41.7 Å². The van der Waals surface area contributed by atoms with E-state index in [1.165, 1.54) is 0 Å². The van der Waals surface area contributed by atoms with Gasteiger partial charge in [0.2, 0.25) is 0 Å². The van der Waals surface area contributed by atoms with Gasteiger partial charge in [0.25, 0.3) is 0 Å². The molecule has 0 spiro atoms. The van der Waals surface area contributed by atoms with Crippen LogP contribution in [0.25, 0.3) is 11.0 Å². The number of aromatic nitrogens is 2. The average molecular weight is 233 g/mol. The van der Waals surface area contributed by atoms with Crippen LogP contribution in [0, 0.1) is 5.41 Å². The van der Waals surface area contributed by atoms with Crippen molar-refractivity contribution in [3.63, 3.8) is 0 Å². The number of hydrogen-bond acceptors (Lipinski definition) is 2. The summed E-state index contributed by atoms with van der Waals surface area (Å²) in [7, 11) is 0. The van der Waals surface area contributed by atoms with Gasteiger partial charge in [0.05, 0.1) is 17.4 Å². The number of nitrogen functional groups attached to an aromatic ring is 1. The molecule has 1 aromatic carbocycles. The maximum absolute atomic E-state index is 7.21. The number of benzene rings is 1. The van der Waals surface area contributed by atoms with E-state index in [2.05, 4.69) is 9.97 Å². The van der Waals surface area contributed by atoms with Crippen molar-refractivity contribution in [2.45, 2.75) is 0 Å². The van der Waals surface area contributed by atoms with Crippen LogP contribution in [-0.2, 0) is 0 Å². The molecule has 4 nitrogen and oxygen atoms in total. The number of H-pyrrole nitrogens is 1. The van der Waals surface area contributed by atoms with Gasteiger partial charge in [-0.25, -0.2) is 4.98 Å². The molecule has 1 aromatic heterocycles. The molecule has 0 saturated carbocycles. The summed E-state index contributed by atoms with van der Waals surface area (Å²) in [6.45, 7) is 0. The van der Waals surface area contributed by atoms with Crippen molar-refractivity contribution in [3.8, 4) is 0 Å². The van der Waals surface area contributed by atoms with Crippen LogP contribution >= 0.6 is 24.8 Å². The molecule has 2 rings (SSSR count). The highest BCUT2D eigenvalue weighted by Crippen LogP contribution is 2.10. The molecular weight excluding hydrogens is 223 g/mol. The van der Waals surface area contributed by atoms with Gasteiger partial charge in [0, 0.05) is 5.56 Å². The highest BCUT2D eigenvalue weighted by atomic mass is 35.5. The van der Waals surface area contributed by atoms with Crippen molar-refractivity contribution in [1.82, 2.24) is 9.97 Å². The van der Waals surface area contributed by atoms with Crippen LogP contribution < -0.4 is 5.73 Å². The van der Waals surface area contributed by atoms with Crippen molar-refractivity contribution < 1.29 is 0 Å². The number of imidazole rings is 1. The van der Waals surface area contributed by atoms with Crippen molar-refractivity contribution in [1.29, 1.82) is 5.41 Å². The van der Waals surface area contributed by atoms with Gasteiger partial charge >= 0.3 is 0 Å². The second kappa shape index (κ2) is 4.83. The molecule has 0 bridgehead atoms. The third kappa shape index (κ3) is 2.16. The van der Waals surface area contributed by atoms with Crippen LogP contribution in [0.5, 0.6) is 0 Å². The number of nitrogens with zero attached hydrogens (tertiary/aromatic N) is 1. The van der Waals surface area contributed by atoms with E-state index in [4.69, 9.17) is 11.1 Å². The highest BCUT2D eigenvalue weighted by Gasteiger charge is 1.99. The Morgan fingerprint density at radius 2 is 2.07 bits per heavy atom. The van der Waals surface area contributed by atoms with E-state index < -0.39 is 0 Å². The lowest BCUT2D eigenvalue weighted by Crippen LogP contribution is -2.10. The van der Waals surface area contributed by atoms with Crippen LogP contribution in [0.1, 0.15) is 5.56 Å². The number of amidine groups is 1. The zero-order chi connectivity index (χ0) is 8.55. The normalized spacial score (nSPS) is 8.86. The molecule has 0 aliphatic heterocycles. The molecule has 0 aliphatic rings. The van der Waals surface area contributed by atoms with E-state index in [0.717, 1.165) is 11.0 Å². The Hall–Kier alpha value is -1.26. The Kier molecular flexibility index (Phi) is 4.40. The van der Waals surface area contributed by atoms with Crippen LogP contribution in [0.4, 0.5) is 0 Å². The minimum atomic E-state index is 0. The van der Waals surface area contributed by atoms with Crippen LogP contribution in [0.2, 0.25) is 0 Å². The SMILES string of the molecule is Cl.Cl.N=C(N)c1ccc2nc[nH]c2c1. The maximum Gasteiger partial charge on any atom is 0.122 e. The summed E-state index contributed by atoms with van der Waals surface area (Å²) in [6.07, 6.45) is 1.62. The van der Waals surface area contributed by atoms with Gasteiger partial charge < -0.3 is 10.7 Å². The Labute approximate surface area is 93.2 Å². The van der Waals surface area contributed by atoms with E-state index in [1.807, 2.05) is 12.1 Å². The monoisotopic (exact) mass is 232 g/mol. The third-order valence-electron chi connectivity index (χ3n) is 1.73. The Bertz CT molecular complexity index is 438. The Morgan fingerprint density at radius 3 is 2.71 bits per heavy atom. The summed E-state index contributed by atoms with van der Waals surface area (Å²) >= 11 is 0. The summed E-state index contributed by atoms with van der Waals surface area (Å²) in [5.74, 6) is 0.0755. The molecule has 0 amide bonds. The van der Waals surface area contributed by atoms with Gasteiger partial charge in [-0.05, 0) is 18.2 Å². The number of fused-ring (bicyclic) bond motifs is 1. The van der Waals surface area contributed by atoms with E-state index in [9.17, 15) is 0 Å². The summed E-state index contributed by atoms with van der Waals surface area (Å²) < 4.78 is 0. The van der Waals surface area contributed by atoms with Gasteiger partial charge in [-0.1, -0.05) is 0 Å². The fourth-order valence-electron chi connectivity index (χ4n) is 1.10. The molecule has 4 N–H and O–H groups in total. The van der Waals surface area contributed by atoms with E-state index >= 15 is 0 Å². The van der Waals surface area contributed by atoms with Gasteiger partial charge in [-0.2, -0.15) is 0 Å². The van der Waals surface area contributed by atoms with Crippen LogP contribution in [0.3, 0.4) is 0 Å². The molecule has 76 valence electrons. The quantitative estimate of drug-likeness (QED) is 0.517. The van der Waals surface area contributed by atoms with Gasteiger partial charge in [0.15, 0.2) is 0 Å². The molecule has 1 heterocycles. The number of hydrogen-bond donors (Lipinski definition) is 3. The number of nitrogens with two attached hydrogens (primary N) is 1. The Morgan fingerprint density at radius 1 is 1.36 bits per heavy atom. The number of aromatic amines is 1. The van der Waals surface area contributed by atoms with Gasteiger partial charge in [-0.15, -0.1) is 24.8 Å². The third-order valence-corrected chi connectivity index (χ3v) is 1.73. The summed E-state index contributed by atoms with van der Waals surface area (Å²) in [5.41, 5.74) is 7.83. The lowest BCUT2D eigenvalue weighted by atomic mass is 10.2. The van der Waals surface area contributed by atoms with Crippen molar-refractivity contribution in [3.05, 3.63) is 30.1 Å². The maximum atomic E-state index is 7.21.